The first-order chi connectivity index (χ1) is 16.1. The highest BCUT2D eigenvalue weighted by Gasteiger charge is 2.13. The largest absolute Gasteiger partial charge is 0.337 e. The summed E-state index contributed by atoms with van der Waals surface area (Å²) >= 11 is 0. The van der Waals surface area contributed by atoms with Crippen LogP contribution in [0.15, 0.2) is 45.7 Å². The first kappa shape index (κ1) is 26.8. The minimum atomic E-state index is -0.0582. The number of hydrogen-bond acceptors (Lipinski definition) is 5. The van der Waals surface area contributed by atoms with Crippen molar-refractivity contribution in [1.82, 2.24) is 14.7 Å². The number of benzene rings is 1. The number of nitrogens with zero attached hydrogens (tertiary/aromatic N) is 3. The Hall–Kier alpha value is -3.41. The van der Waals surface area contributed by atoms with Crippen LogP contribution in [0.1, 0.15) is 59.4 Å². The van der Waals surface area contributed by atoms with E-state index >= 15 is 0 Å². The van der Waals surface area contributed by atoms with Gasteiger partial charge in [-0.1, -0.05) is 58.4 Å². The van der Waals surface area contributed by atoms with Crippen LogP contribution in [0, 0.1) is 12.8 Å². The van der Waals surface area contributed by atoms with Gasteiger partial charge in [-0.2, -0.15) is 4.98 Å². The highest BCUT2D eigenvalue weighted by Crippen LogP contribution is 2.25. The molecule has 1 N–H and O–H groups in total. The Bertz CT molecular complexity index is 1310. The number of pyridine rings is 1. The number of rotatable bonds is 6. The lowest BCUT2D eigenvalue weighted by Crippen LogP contribution is -2.42. The van der Waals surface area contributed by atoms with Crippen molar-refractivity contribution >= 4 is 23.8 Å². The molecular formula is C28H38N4O2. The molecule has 3 aromatic rings. The SMILES string of the molecule is C=C(C)/C=c1\c(=C/C)cc(-c2cc(Nc3noc(CC(C)C)n3)ccc2C)c(=O)n1C.CCC. The standard InChI is InChI=1S/C25H30N4O2.C3H8/c1-8-18-13-21(24(30)29(7)22(18)11-15(2)3)20-14-19(10-9-17(20)6)26-25-27-23(31-28-25)12-16(4)5;1-3-2/h8-11,13-14,16H,2,12H2,1,3-7H3,(H,26,28);3H2,1-2H3/b18-8-,22-11+;. The van der Waals surface area contributed by atoms with Crippen LogP contribution in [0.2, 0.25) is 0 Å². The maximum absolute atomic E-state index is 13.2. The predicted octanol–water partition coefficient (Wildman–Crippen LogP) is 5.26. The third kappa shape index (κ3) is 6.80. The zero-order valence-electron chi connectivity index (χ0n) is 21.8. The van der Waals surface area contributed by atoms with Crippen molar-refractivity contribution in [2.45, 2.75) is 61.3 Å². The molecule has 0 aliphatic carbocycles. The quantitative estimate of drug-likeness (QED) is 0.541. The van der Waals surface area contributed by atoms with Crippen LogP contribution < -0.4 is 21.4 Å². The molecule has 0 amide bonds. The molecule has 6 heteroatoms. The van der Waals surface area contributed by atoms with Gasteiger partial charge in [0.05, 0.1) is 5.35 Å². The third-order valence-electron chi connectivity index (χ3n) is 5.02. The summed E-state index contributed by atoms with van der Waals surface area (Å²) in [7, 11) is 1.79. The zero-order valence-corrected chi connectivity index (χ0v) is 21.8. The van der Waals surface area contributed by atoms with Crippen LogP contribution in [-0.4, -0.2) is 14.7 Å². The maximum Gasteiger partial charge on any atom is 0.267 e. The van der Waals surface area contributed by atoms with Crippen molar-refractivity contribution in [1.29, 1.82) is 0 Å². The van der Waals surface area contributed by atoms with Gasteiger partial charge >= 0.3 is 0 Å². The fourth-order valence-electron chi connectivity index (χ4n) is 3.47. The molecule has 3 rings (SSSR count). The fraction of sp³-hybridized carbons (Fsp3) is 0.393. The summed E-state index contributed by atoms with van der Waals surface area (Å²) in [5, 5.41) is 9.02. The van der Waals surface area contributed by atoms with Crippen LogP contribution in [0.25, 0.3) is 23.3 Å². The molecule has 0 spiro atoms. The number of hydrogen-bond donors (Lipinski definition) is 1. The lowest BCUT2D eigenvalue weighted by atomic mass is 10.00. The van der Waals surface area contributed by atoms with E-state index in [1.54, 1.807) is 11.6 Å². The Balaban J connectivity index is 0.00000129. The Morgan fingerprint density at radius 1 is 1.24 bits per heavy atom. The van der Waals surface area contributed by atoms with Crippen LogP contribution in [0.5, 0.6) is 0 Å². The van der Waals surface area contributed by atoms with Crippen LogP contribution in [0.4, 0.5) is 11.6 Å². The van der Waals surface area contributed by atoms with Gasteiger partial charge in [0.1, 0.15) is 0 Å². The van der Waals surface area contributed by atoms with Gasteiger partial charge in [-0.15, -0.1) is 0 Å². The number of anilines is 2. The molecule has 2 heterocycles. The van der Waals surface area contributed by atoms with Crippen LogP contribution in [-0.2, 0) is 13.5 Å². The van der Waals surface area contributed by atoms with E-state index in [9.17, 15) is 4.79 Å². The van der Waals surface area contributed by atoms with Gasteiger partial charge in [0.2, 0.25) is 5.89 Å². The van der Waals surface area contributed by atoms with E-state index < -0.39 is 0 Å². The molecule has 0 saturated carbocycles. The number of aromatic nitrogens is 3. The third-order valence-corrected chi connectivity index (χ3v) is 5.02. The van der Waals surface area contributed by atoms with Gasteiger partial charge in [-0.05, 0) is 72.5 Å². The number of nitrogens with one attached hydrogen (secondary N) is 1. The smallest absolute Gasteiger partial charge is 0.267 e. The van der Waals surface area contributed by atoms with Crippen molar-refractivity contribution in [3.05, 3.63) is 68.8 Å². The number of aryl methyl sites for hydroxylation is 1. The second-order valence-corrected chi connectivity index (χ2v) is 9.01. The van der Waals surface area contributed by atoms with E-state index in [1.807, 2.05) is 57.2 Å². The minimum Gasteiger partial charge on any atom is -0.337 e. The number of allylic oxidation sites excluding steroid dienone is 1. The Kier molecular flexibility index (Phi) is 9.60. The zero-order chi connectivity index (χ0) is 25.4. The maximum atomic E-state index is 13.2. The van der Waals surface area contributed by atoms with Crippen molar-refractivity contribution in [2.24, 2.45) is 13.0 Å². The normalized spacial score (nSPS) is 12.0. The predicted molar refractivity (Wildman–Crippen MR) is 143 cm³/mol. The Labute approximate surface area is 202 Å². The van der Waals surface area contributed by atoms with Crippen molar-refractivity contribution in [3.8, 4) is 11.1 Å². The molecule has 1 aromatic carbocycles. The molecule has 0 radical (unpaired) electrons. The van der Waals surface area contributed by atoms with Gasteiger partial charge in [0, 0.05) is 24.7 Å². The topological polar surface area (TPSA) is 73.0 Å². The molecule has 182 valence electrons. The van der Waals surface area contributed by atoms with Gasteiger partial charge in [-0.25, -0.2) is 0 Å². The van der Waals surface area contributed by atoms with Crippen molar-refractivity contribution < 1.29 is 4.52 Å². The summed E-state index contributed by atoms with van der Waals surface area (Å²) in [6.07, 6.45) is 5.91. The Morgan fingerprint density at radius 3 is 2.50 bits per heavy atom. The molecular weight excluding hydrogens is 424 g/mol. The van der Waals surface area contributed by atoms with E-state index in [2.05, 4.69) is 49.7 Å². The average Bonchev–Trinajstić information content (AvgIpc) is 3.19. The first-order valence-electron chi connectivity index (χ1n) is 11.8. The molecule has 0 aliphatic heterocycles. The van der Waals surface area contributed by atoms with Gasteiger partial charge in [0.15, 0.2) is 0 Å². The molecule has 34 heavy (non-hydrogen) atoms. The summed E-state index contributed by atoms with van der Waals surface area (Å²) < 4.78 is 6.98. The summed E-state index contributed by atoms with van der Waals surface area (Å²) in [5.74, 6) is 1.45. The van der Waals surface area contributed by atoms with Crippen LogP contribution in [0.3, 0.4) is 0 Å². The molecule has 0 fully saturated rings. The van der Waals surface area contributed by atoms with E-state index in [-0.39, 0.29) is 5.56 Å². The first-order valence-corrected chi connectivity index (χ1v) is 11.8. The van der Waals surface area contributed by atoms with E-state index in [0.29, 0.717) is 23.3 Å². The second kappa shape index (κ2) is 12.2. The van der Waals surface area contributed by atoms with E-state index in [1.165, 1.54) is 6.42 Å². The molecule has 6 nitrogen and oxygen atoms in total. The van der Waals surface area contributed by atoms with E-state index in [0.717, 1.165) is 39.4 Å². The van der Waals surface area contributed by atoms with Crippen molar-refractivity contribution in [3.63, 3.8) is 0 Å². The van der Waals surface area contributed by atoms with Crippen molar-refractivity contribution in [2.75, 3.05) is 5.32 Å². The molecule has 0 aliphatic rings. The summed E-state index contributed by atoms with van der Waals surface area (Å²) in [5.41, 5.74) is 4.14. The lowest BCUT2D eigenvalue weighted by molar-refractivity contribution is 0.363. The summed E-state index contributed by atoms with van der Waals surface area (Å²) in [4.78, 5) is 17.6. The van der Waals surface area contributed by atoms with Gasteiger partial charge in [0.25, 0.3) is 11.5 Å². The van der Waals surface area contributed by atoms with E-state index in [4.69, 9.17) is 4.52 Å². The van der Waals surface area contributed by atoms with Gasteiger partial charge < -0.3 is 14.4 Å². The van der Waals surface area contributed by atoms with Crippen LogP contribution >= 0.6 is 0 Å². The monoisotopic (exact) mass is 462 g/mol. The fourth-order valence-corrected chi connectivity index (χ4v) is 3.47. The summed E-state index contributed by atoms with van der Waals surface area (Å²) in [6, 6.07) is 7.82. The molecule has 0 saturated heterocycles. The summed E-state index contributed by atoms with van der Waals surface area (Å²) in [6.45, 7) is 18.3. The molecule has 0 unspecified atom stereocenters. The second-order valence-electron chi connectivity index (χ2n) is 9.01. The Morgan fingerprint density at radius 2 is 1.91 bits per heavy atom. The molecule has 0 bridgehead atoms. The highest BCUT2D eigenvalue weighted by atomic mass is 16.5. The molecule has 0 atom stereocenters. The average molecular weight is 463 g/mol. The van der Waals surface area contributed by atoms with Gasteiger partial charge in [-0.3, -0.25) is 4.79 Å². The minimum absolute atomic E-state index is 0.0582. The highest BCUT2D eigenvalue weighted by molar-refractivity contribution is 5.72. The lowest BCUT2D eigenvalue weighted by Gasteiger charge is -2.11. The molecule has 2 aromatic heterocycles.